The Kier molecular flexibility index (Phi) is 6.14. The Balaban J connectivity index is 1.73. The number of aliphatic imine (C=N–C) groups is 1. The summed E-state index contributed by atoms with van der Waals surface area (Å²) in [5.41, 5.74) is 6.74. The summed E-state index contributed by atoms with van der Waals surface area (Å²) in [4.78, 5) is 29.9. The molecule has 1 aromatic rings. The number of hydrogen-bond acceptors (Lipinski definition) is 3. The molecule has 2 amide bonds. The van der Waals surface area contributed by atoms with Crippen molar-refractivity contribution in [3.05, 3.63) is 35.4 Å². The highest BCUT2D eigenvalue weighted by Gasteiger charge is 2.34. The zero-order valence-corrected chi connectivity index (χ0v) is 13.5. The van der Waals surface area contributed by atoms with Crippen LogP contribution in [-0.2, 0) is 0 Å². The Hall–Kier alpha value is -2.37. The van der Waals surface area contributed by atoms with Gasteiger partial charge < -0.3 is 11.1 Å². The fourth-order valence-corrected chi connectivity index (χ4v) is 2.47. The molecule has 0 saturated heterocycles. The van der Waals surface area contributed by atoms with E-state index in [-0.39, 0.29) is 11.8 Å². The smallest absolute Gasteiger partial charge is 0.261 e. The molecule has 23 heavy (non-hydrogen) atoms. The molecule has 0 fully saturated rings. The minimum atomic E-state index is -0.199. The quantitative estimate of drug-likeness (QED) is 0.331. The minimum absolute atomic E-state index is 0.199. The molecule has 0 saturated carbocycles. The molecule has 3 N–H and O–H groups in total. The number of amides is 2. The maximum atomic E-state index is 12.2. The van der Waals surface area contributed by atoms with Crippen LogP contribution >= 0.6 is 0 Å². The van der Waals surface area contributed by atoms with Gasteiger partial charge in [0.2, 0.25) is 0 Å². The summed E-state index contributed by atoms with van der Waals surface area (Å²) in [6.45, 7) is 3.97. The fraction of sp³-hybridized carbons (Fsp3) is 0.471. The molecule has 0 atom stereocenters. The van der Waals surface area contributed by atoms with Crippen molar-refractivity contribution in [1.29, 1.82) is 0 Å². The first-order valence-corrected chi connectivity index (χ1v) is 8.14. The Morgan fingerprint density at radius 1 is 1.13 bits per heavy atom. The zero-order valence-electron chi connectivity index (χ0n) is 13.5. The Morgan fingerprint density at radius 3 is 2.39 bits per heavy atom. The molecule has 0 aliphatic carbocycles. The van der Waals surface area contributed by atoms with Crippen LogP contribution in [0.4, 0.5) is 0 Å². The molecule has 0 bridgehead atoms. The van der Waals surface area contributed by atoms with E-state index in [1.807, 2.05) is 0 Å². The van der Waals surface area contributed by atoms with Crippen molar-refractivity contribution >= 4 is 17.8 Å². The molecule has 1 aromatic carbocycles. The lowest BCUT2D eigenvalue weighted by Gasteiger charge is -2.13. The number of benzene rings is 1. The van der Waals surface area contributed by atoms with Gasteiger partial charge in [-0.1, -0.05) is 25.5 Å². The van der Waals surface area contributed by atoms with Crippen molar-refractivity contribution in [2.24, 2.45) is 10.7 Å². The highest BCUT2D eigenvalue weighted by Crippen LogP contribution is 2.22. The maximum Gasteiger partial charge on any atom is 0.261 e. The van der Waals surface area contributed by atoms with E-state index < -0.39 is 0 Å². The molecule has 0 spiro atoms. The molecule has 124 valence electrons. The van der Waals surface area contributed by atoms with Crippen LogP contribution in [0.3, 0.4) is 0 Å². The third-order valence-electron chi connectivity index (χ3n) is 3.79. The van der Waals surface area contributed by atoms with Gasteiger partial charge in [-0.05, 0) is 31.4 Å². The maximum absolute atomic E-state index is 12.2. The lowest BCUT2D eigenvalue weighted by molar-refractivity contribution is 0.0652. The Bertz CT molecular complexity index is 563. The number of guanidine groups is 1. The average Bonchev–Trinajstić information content (AvgIpc) is 2.80. The second kappa shape index (κ2) is 8.31. The second-order valence-electron chi connectivity index (χ2n) is 5.56. The Morgan fingerprint density at radius 2 is 1.78 bits per heavy atom. The number of unbranched alkanes of at least 4 members (excludes halogenated alkanes) is 2. The van der Waals surface area contributed by atoms with Crippen LogP contribution < -0.4 is 11.1 Å². The average molecular weight is 316 g/mol. The van der Waals surface area contributed by atoms with E-state index in [1.54, 1.807) is 24.3 Å². The van der Waals surface area contributed by atoms with E-state index in [9.17, 15) is 9.59 Å². The predicted octanol–water partition coefficient (Wildman–Crippen LogP) is 1.77. The number of imide groups is 1. The number of rotatable bonds is 8. The molecule has 0 radical (unpaired) electrons. The van der Waals surface area contributed by atoms with Gasteiger partial charge in [0.05, 0.1) is 11.1 Å². The number of carbonyl (C=O) groups excluding carboxylic acids is 2. The summed E-state index contributed by atoms with van der Waals surface area (Å²) in [6, 6.07) is 6.94. The summed E-state index contributed by atoms with van der Waals surface area (Å²) >= 11 is 0. The van der Waals surface area contributed by atoms with Crippen LogP contribution in [0.15, 0.2) is 29.3 Å². The third kappa shape index (κ3) is 4.31. The number of carbonyl (C=O) groups is 2. The normalized spacial score (nSPS) is 14.3. The van der Waals surface area contributed by atoms with Crippen LogP contribution in [0.2, 0.25) is 0 Å². The van der Waals surface area contributed by atoms with Crippen molar-refractivity contribution in [3.8, 4) is 0 Å². The minimum Gasteiger partial charge on any atom is -0.370 e. The summed E-state index contributed by atoms with van der Waals surface area (Å²) in [5.74, 6) is 0.0591. The summed E-state index contributed by atoms with van der Waals surface area (Å²) in [6.07, 6.45) is 3.68. The first kappa shape index (κ1) is 17.0. The van der Waals surface area contributed by atoms with Gasteiger partial charge in [0.1, 0.15) is 0 Å². The van der Waals surface area contributed by atoms with Gasteiger partial charge >= 0.3 is 0 Å². The summed E-state index contributed by atoms with van der Waals surface area (Å²) in [7, 11) is 0. The lowest BCUT2D eigenvalue weighted by atomic mass is 10.1. The summed E-state index contributed by atoms with van der Waals surface area (Å²) in [5, 5.41) is 3.05. The van der Waals surface area contributed by atoms with Gasteiger partial charge in [0.15, 0.2) is 5.96 Å². The topological polar surface area (TPSA) is 87.8 Å². The van der Waals surface area contributed by atoms with Crippen molar-refractivity contribution in [1.82, 2.24) is 10.2 Å². The monoisotopic (exact) mass is 316 g/mol. The molecule has 1 aliphatic rings. The summed E-state index contributed by atoms with van der Waals surface area (Å²) < 4.78 is 0. The van der Waals surface area contributed by atoms with E-state index in [0.717, 1.165) is 32.2 Å². The lowest BCUT2D eigenvalue weighted by Crippen LogP contribution is -2.32. The molecule has 2 rings (SSSR count). The molecule has 0 unspecified atom stereocenters. The van der Waals surface area contributed by atoms with E-state index in [0.29, 0.717) is 30.2 Å². The molecule has 6 heteroatoms. The van der Waals surface area contributed by atoms with Gasteiger partial charge in [0.25, 0.3) is 11.8 Å². The molecule has 6 nitrogen and oxygen atoms in total. The first-order valence-electron chi connectivity index (χ1n) is 8.14. The van der Waals surface area contributed by atoms with Gasteiger partial charge in [-0.25, -0.2) is 0 Å². The van der Waals surface area contributed by atoms with Gasteiger partial charge in [0, 0.05) is 19.6 Å². The largest absolute Gasteiger partial charge is 0.370 e. The molecule has 0 aromatic heterocycles. The van der Waals surface area contributed by atoms with Crippen LogP contribution in [0, 0.1) is 0 Å². The van der Waals surface area contributed by atoms with Crippen molar-refractivity contribution < 1.29 is 9.59 Å². The van der Waals surface area contributed by atoms with E-state index >= 15 is 0 Å². The number of hydrogen-bond donors (Lipinski definition) is 2. The Labute approximate surface area is 136 Å². The van der Waals surface area contributed by atoms with E-state index in [4.69, 9.17) is 5.73 Å². The second-order valence-corrected chi connectivity index (χ2v) is 5.56. The van der Waals surface area contributed by atoms with Crippen molar-refractivity contribution in [2.45, 2.75) is 32.6 Å². The highest BCUT2D eigenvalue weighted by molar-refractivity contribution is 6.21. The fourth-order valence-electron chi connectivity index (χ4n) is 2.47. The van der Waals surface area contributed by atoms with Crippen molar-refractivity contribution in [2.75, 3.05) is 19.6 Å². The number of fused-ring (bicyclic) bond motifs is 1. The van der Waals surface area contributed by atoms with Crippen LogP contribution in [-0.4, -0.2) is 42.3 Å². The zero-order chi connectivity index (χ0) is 16.7. The van der Waals surface area contributed by atoms with Gasteiger partial charge in [-0.2, -0.15) is 0 Å². The number of nitrogens with two attached hydrogens (primary N) is 1. The van der Waals surface area contributed by atoms with E-state index in [1.165, 1.54) is 4.90 Å². The van der Waals surface area contributed by atoms with Crippen LogP contribution in [0.1, 0.15) is 53.3 Å². The molecule has 1 heterocycles. The molecular weight excluding hydrogens is 292 g/mol. The SMILES string of the molecule is CCCCNC(N)=NCCCCN1C(=O)c2ccccc2C1=O. The standard InChI is InChI=1S/C17H24N4O2/c1-2-3-10-19-17(18)20-11-6-7-12-21-15(22)13-8-4-5-9-14(13)16(21)23/h4-5,8-9H,2-3,6-7,10-12H2,1H3,(H3,18,19,20). The first-order chi connectivity index (χ1) is 11.1. The molecular formula is C17H24N4O2. The molecule has 1 aliphatic heterocycles. The third-order valence-corrected chi connectivity index (χ3v) is 3.79. The van der Waals surface area contributed by atoms with Gasteiger partial charge in [-0.3, -0.25) is 19.5 Å². The highest BCUT2D eigenvalue weighted by atomic mass is 16.2. The van der Waals surface area contributed by atoms with E-state index in [2.05, 4.69) is 17.2 Å². The van der Waals surface area contributed by atoms with Crippen LogP contribution in [0.5, 0.6) is 0 Å². The van der Waals surface area contributed by atoms with Crippen molar-refractivity contribution in [3.63, 3.8) is 0 Å². The predicted molar refractivity (Wildman–Crippen MR) is 90.4 cm³/mol. The van der Waals surface area contributed by atoms with Crippen LogP contribution in [0.25, 0.3) is 0 Å². The number of nitrogens with zero attached hydrogens (tertiary/aromatic N) is 2. The van der Waals surface area contributed by atoms with Gasteiger partial charge in [-0.15, -0.1) is 0 Å². The number of nitrogens with one attached hydrogen (secondary N) is 1.